The van der Waals surface area contributed by atoms with Gasteiger partial charge in [0.05, 0.1) is 0 Å². The van der Waals surface area contributed by atoms with Crippen molar-refractivity contribution in [3.05, 3.63) is 48.0 Å². The zero-order chi connectivity index (χ0) is 9.54. The number of hydrogen-bond donors (Lipinski definition) is 1. The molecule has 1 saturated carbocycles. The minimum absolute atomic E-state index is 0.399. The fourth-order valence-electron chi connectivity index (χ4n) is 2.04. The Hall–Kier alpha value is -1.34. The van der Waals surface area contributed by atoms with E-state index in [1.807, 2.05) is 0 Å². The van der Waals surface area contributed by atoms with Crippen molar-refractivity contribution in [2.45, 2.75) is 18.4 Å². The molecule has 0 aromatic heterocycles. The maximum absolute atomic E-state index is 5.84. The first kappa shape index (κ1) is 8.01. The normalized spacial score (nSPS) is 25.2. The van der Waals surface area contributed by atoms with Crippen molar-refractivity contribution in [3.8, 4) is 0 Å². The first-order valence-electron chi connectivity index (χ1n) is 5.09. The molecule has 1 aliphatic carbocycles. The molecule has 0 bridgehead atoms. The second-order valence-corrected chi connectivity index (χ2v) is 4.11. The summed E-state index contributed by atoms with van der Waals surface area (Å²) in [4.78, 5) is 0. The summed E-state index contributed by atoms with van der Waals surface area (Å²) in [7, 11) is 0. The van der Waals surface area contributed by atoms with Crippen molar-refractivity contribution in [1.82, 2.24) is 0 Å². The lowest BCUT2D eigenvalue weighted by molar-refractivity contribution is 0.992. The highest BCUT2D eigenvalue weighted by atomic mass is 14.7. The molecule has 0 unspecified atom stereocenters. The molecule has 0 aliphatic heterocycles. The van der Waals surface area contributed by atoms with E-state index in [0.717, 1.165) is 6.42 Å². The third-order valence-electron chi connectivity index (χ3n) is 3.04. The van der Waals surface area contributed by atoms with Crippen LogP contribution in [0, 0.1) is 0 Å². The van der Waals surface area contributed by atoms with Gasteiger partial charge in [-0.05, 0) is 22.8 Å². The minimum Gasteiger partial charge on any atom is -0.327 e. The lowest BCUT2D eigenvalue weighted by Crippen LogP contribution is -2.00. The van der Waals surface area contributed by atoms with Gasteiger partial charge < -0.3 is 5.73 Å². The van der Waals surface area contributed by atoms with E-state index < -0.39 is 0 Å². The Balaban J connectivity index is 2.11. The molecular weight excluding hydrogens is 170 g/mol. The first-order chi connectivity index (χ1) is 6.84. The van der Waals surface area contributed by atoms with Gasteiger partial charge in [-0.2, -0.15) is 0 Å². The molecule has 1 nitrogen and oxygen atoms in total. The van der Waals surface area contributed by atoms with Gasteiger partial charge in [0, 0.05) is 12.0 Å². The quantitative estimate of drug-likeness (QED) is 0.722. The van der Waals surface area contributed by atoms with Gasteiger partial charge in [-0.3, -0.25) is 0 Å². The monoisotopic (exact) mass is 183 g/mol. The van der Waals surface area contributed by atoms with Crippen LogP contribution in [0.25, 0.3) is 10.8 Å². The van der Waals surface area contributed by atoms with Gasteiger partial charge >= 0.3 is 0 Å². The number of fused-ring (bicyclic) bond motifs is 1. The summed E-state index contributed by atoms with van der Waals surface area (Å²) in [6.45, 7) is 0. The Labute approximate surface area is 83.5 Å². The van der Waals surface area contributed by atoms with Crippen LogP contribution in [0.2, 0.25) is 0 Å². The van der Waals surface area contributed by atoms with Crippen LogP contribution in [-0.4, -0.2) is 6.04 Å². The van der Waals surface area contributed by atoms with Crippen LogP contribution in [0.3, 0.4) is 0 Å². The molecule has 0 saturated heterocycles. The lowest BCUT2D eigenvalue weighted by atomic mass is 10.0. The van der Waals surface area contributed by atoms with Crippen molar-refractivity contribution < 1.29 is 0 Å². The van der Waals surface area contributed by atoms with Crippen molar-refractivity contribution in [1.29, 1.82) is 0 Å². The van der Waals surface area contributed by atoms with Crippen LogP contribution in [0.4, 0.5) is 0 Å². The van der Waals surface area contributed by atoms with Crippen LogP contribution in [-0.2, 0) is 0 Å². The zero-order valence-electron chi connectivity index (χ0n) is 7.98. The standard InChI is InChI=1S/C13H13N/c14-13-8-12(13)11-6-5-9-3-1-2-4-10(9)7-11/h1-7,12-13H,8,14H2/t12-,13-/m1/s1. The Morgan fingerprint density at radius 1 is 1.00 bits per heavy atom. The van der Waals surface area contributed by atoms with Gasteiger partial charge in [-0.1, -0.05) is 42.5 Å². The highest BCUT2D eigenvalue weighted by Crippen LogP contribution is 2.39. The molecule has 0 spiro atoms. The van der Waals surface area contributed by atoms with Gasteiger partial charge in [0.15, 0.2) is 0 Å². The van der Waals surface area contributed by atoms with Gasteiger partial charge in [-0.25, -0.2) is 0 Å². The van der Waals surface area contributed by atoms with E-state index in [2.05, 4.69) is 42.5 Å². The molecule has 14 heavy (non-hydrogen) atoms. The highest BCUT2D eigenvalue weighted by molar-refractivity contribution is 5.83. The Kier molecular flexibility index (Phi) is 1.62. The molecule has 1 heteroatoms. The van der Waals surface area contributed by atoms with Crippen LogP contribution in [0.5, 0.6) is 0 Å². The average Bonchev–Trinajstić information content (AvgIpc) is 2.95. The SMILES string of the molecule is N[C@@H]1C[C@@H]1c1ccc2ccccc2c1. The van der Waals surface area contributed by atoms with E-state index in [9.17, 15) is 0 Å². The largest absolute Gasteiger partial charge is 0.327 e. The summed E-state index contributed by atoms with van der Waals surface area (Å²) in [6.07, 6.45) is 1.15. The maximum atomic E-state index is 5.84. The van der Waals surface area contributed by atoms with Gasteiger partial charge in [0.2, 0.25) is 0 Å². The van der Waals surface area contributed by atoms with E-state index in [0.29, 0.717) is 12.0 Å². The summed E-state index contributed by atoms with van der Waals surface area (Å²) >= 11 is 0. The Bertz CT molecular complexity index is 475. The summed E-state index contributed by atoms with van der Waals surface area (Å²) in [6, 6.07) is 15.5. The van der Waals surface area contributed by atoms with Crippen molar-refractivity contribution in [2.75, 3.05) is 0 Å². The fraction of sp³-hybridized carbons (Fsp3) is 0.231. The molecule has 70 valence electrons. The number of rotatable bonds is 1. The summed E-state index contributed by atoms with van der Waals surface area (Å²) in [5.41, 5.74) is 7.24. The number of hydrogen-bond acceptors (Lipinski definition) is 1. The average molecular weight is 183 g/mol. The van der Waals surface area contributed by atoms with E-state index >= 15 is 0 Å². The van der Waals surface area contributed by atoms with Crippen LogP contribution < -0.4 is 5.73 Å². The molecule has 0 amide bonds. The van der Waals surface area contributed by atoms with E-state index in [4.69, 9.17) is 5.73 Å². The van der Waals surface area contributed by atoms with Gasteiger partial charge in [0.25, 0.3) is 0 Å². The second-order valence-electron chi connectivity index (χ2n) is 4.11. The van der Waals surface area contributed by atoms with Crippen LogP contribution in [0.15, 0.2) is 42.5 Å². The van der Waals surface area contributed by atoms with E-state index in [1.54, 1.807) is 0 Å². The molecule has 2 aromatic carbocycles. The molecule has 1 fully saturated rings. The molecule has 0 heterocycles. The van der Waals surface area contributed by atoms with E-state index in [1.165, 1.54) is 16.3 Å². The highest BCUT2D eigenvalue weighted by Gasteiger charge is 2.34. The first-order valence-corrected chi connectivity index (χ1v) is 5.09. The minimum atomic E-state index is 0.399. The molecule has 3 rings (SSSR count). The van der Waals surface area contributed by atoms with Crippen molar-refractivity contribution in [3.63, 3.8) is 0 Å². The summed E-state index contributed by atoms with van der Waals surface area (Å²) < 4.78 is 0. The molecular formula is C13H13N. The summed E-state index contributed by atoms with van der Waals surface area (Å²) in [5.74, 6) is 0.611. The second kappa shape index (κ2) is 2.82. The topological polar surface area (TPSA) is 26.0 Å². The third kappa shape index (κ3) is 1.21. The van der Waals surface area contributed by atoms with Crippen LogP contribution >= 0.6 is 0 Å². The molecule has 2 aromatic rings. The molecule has 2 atom stereocenters. The smallest absolute Gasteiger partial charge is 0.0115 e. The summed E-state index contributed by atoms with van der Waals surface area (Å²) in [5, 5.41) is 2.63. The number of nitrogens with two attached hydrogens (primary N) is 1. The van der Waals surface area contributed by atoms with Gasteiger partial charge in [-0.15, -0.1) is 0 Å². The van der Waals surface area contributed by atoms with Crippen LogP contribution in [0.1, 0.15) is 17.9 Å². The molecule has 2 N–H and O–H groups in total. The predicted octanol–water partition coefficient (Wildman–Crippen LogP) is 2.65. The fourth-order valence-corrected chi connectivity index (χ4v) is 2.04. The van der Waals surface area contributed by atoms with Gasteiger partial charge in [0.1, 0.15) is 0 Å². The van der Waals surface area contributed by atoms with Crippen molar-refractivity contribution >= 4 is 10.8 Å². The number of benzene rings is 2. The van der Waals surface area contributed by atoms with Crippen molar-refractivity contribution in [2.24, 2.45) is 5.73 Å². The third-order valence-corrected chi connectivity index (χ3v) is 3.04. The zero-order valence-corrected chi connectivity index (χ0v) is 7.98. The molecule has 0 radical (unpaired) electrons. The maximum Gasteiger partial charge on any atom is 0.0115 e. The lowest BCUT2D eigenvalue weighted by Gasteiger charge is -2.01. The predicted molar refractivity (Wildman–Crippen MR) is 59.3 cm³/mol. The Morgan fingerprint density at radius 3 is 2.43 bits per heavy atom. The van der Waals surface area contributed by atoms with E-state index in [-0.39, 0.29) is 0 Å². The Morgan fingerprint density at radius 2 is 1.71 bits per heavy atom. The molecule has 1 aliphatic rings.